The van der Waals surface area contributed by atoms with Gasteiger partial charge in [0.25, 0.3) is 0 Å². The van der Waals surface area contributed by atoms with Gasteiger partial charge in [0.1, 0.15) is 0 Å². The van der Waals surface area contributed by atoms with Crippen molar-refractivity contribution in [2.45, 2.75) is 20.3 Å². The highest BCUT2D eigenvalue weighted by Crippen LogP contribution is 2.12. The first kappa shape index (κ1) is 14.7. The average Bonchev–Trinajstić information content (AvgIpc) is 2.37. The van der Waals surface area contributed by atoms with E-state index in [4.69, 9.17) is 5.73 Å². The first-order chi connectivity index (χ1) is 8.67. The summed E-state index contributed by atoms with van der Waals surface area (Å²) in [5.41, 5.74) is 7.44. The number of anilines is 1. The Kier molecular flexibility index (Phi) is 6.39. The van der Waals surface area contributed by atoms with Crippen LogP contribution in [-0.4, -0.2) is 37.0 Å². The number of para-hydroxylation sites is 1. The molecular weight excluding hydrogens is 226 g/mol. The monoisotopic (exact) mass is 249 g/mol. The first-order valence-corrected chi connectivity index (χ1v) is 6.45. The van der Waals surface area contributed by atoms with Gasteiger partial charge in [0.05, 0.1) is 6.54 Å². The van der Waals surface area contributed by atoms with Gasteiger partial charge >= 0.3 is 0 Å². The van der Waals surface area contributed by atoms with Crippen LogP contribution in [0.2, 0.25) is 0 Å². The molecule has 1 aromatic rings. The van der Waals surface area contributed by atoms with Crippen LogP contribution in [0.4, 0.5) is 5.69 Å². The second kappa shape index (κ2) is 7.84. The maximum absolute atomic E-state index is 11.9. The Labute approximate surface area is 109 Å². The van der Waals surface area contributed by atoms with E-state index in [1.807, 2.05) is 31.2 Å². The molecule has 0 spiro atoms. The molecule has 0 saturated heterocycles. The predicted octanol–water partition coefficient (Wildman–Crippen LogP) is 1.60. The molecule has 0 heterocycles. The molecule has 1 aromatic carbocycles. The number of nitrogens with two attached hydrogens (primary N) is 1. The van der Waals surface area contributed by atoms with Crippen molar-refractivity contribution < 1.29 is 4.79 Å². The van der Waals surface area contributed by atoms with Gasteiger partial charge in [-0.15, -0.1) is 0 Å². The molecule has 0 bridgehead atoms. The average molecular weight is 249 g/mol. The number of aryl methyl sites for hydroxylation is 1. The number of hydrogen-bond donors (Lipinski definition) is 2. The fourth-order valence-electron chi connectivity index (χ4n) is 1.77. The van der Waals surface area contributed by atoms with Crippen molar-refractivity contribution in [3.8, 4) is 0 Å². The van der Waals surface area contributed by atoms with Crippen LogP contribution in [0, 0.1) is 6.92 Å². The molecule has 4 heteroatoms. The molecule has 0 saturated carbocycles. The number of nitrogens with zero attached hydrogens (tertiary/aromatic N) is 1. The van der Waals surface area contributed by atoms with Gasteiger partial charge in [0, 0.05) is 5.69 Å². The van der Waals surface area contributed by atoms with Crippen molar-refractivity contribution in [2.24, 2.45) is 5.73 Å². The second-order valence-corrected chi connectivity index (χ2v) is 4.37. The molecule has 0 fully saturated rings. The van der Waals surface area contributed by atoms with Gasteiger partial charge in [-0.25, -0.2) is 0 Å². The second-order valence-electron chi connectivity index (χ2n) is 4.37. The van der Waals surface area contributed by atoms with E-state index in [-0.39, 0.29) is 5.91 Å². The Morgan fingerprint density at radius 1 is 1.39 bits per heavy atom. The van der Waals surface area contributed by atoms with Crippen molar-refractivity contribution in [3.63, 3.8) is 0 Å². The summed E-state index contributed by atoms with van der Waals surface area (Å²) in [6.45, 7) is 6.86. The van der Waals surface area contributed by atoms with Crippen molar-refractivity contribution in [3.05, 3.63) is 29.8 Å². The van der Waals surface area contributed by atoms with Crippen molar-refractivity contribution in [1.29, 1.82) is 0 Å². The van der Waals surface area contributed by atoms with E-state index in [1.165, 1.54) is 0 Å². The summed E-state index contributed by atoms with van der Waals surface area (Å²) in [6, 6.07) is 7.80. The van der Waals surface area contributed by atoms with Gasteiger partial charge in [0.2, 0.25) is 5.91 Å². The Morgan fingerprint density at radius 3 is 2.72 bits per heavy atom. The Morgan fingerprint density at radius 2 is 2.11 bits per heavy atom. The lowest BCUT2D eigenvalue weighted by Crippen LogP contribution is -2.34. The standard InChI is InChI=1S/C14H23N3O/c1-3-17(10-6-9-15)11-14(18)16-13-8-5-4-7-12(13)2/h4-5,7-8H,3,6,9-11,15H2,1-2H3,(H,16,18). The summed E-state index contributed by atoms with van der Waals surface area (Å²) in [5, 5.41) is 2.94. The van der Waals surface area contributed by atoms with E-state index in [1.54, 1.807) is 0 Å². The molecule has 0 aliphatic rings. The van der Waals surface area contributed by atoms with E-state index in [9.17, 15) is 4.79 Å². The third kappa shape index (κ3) is 4.85. The number of carbonyl (C=O) groups is 1. The first-order valence-electron chi connectivity index (χ1n) is 6.45. The zero-order chi connectivity index (χ0) is 13.4. The van der Waals surface area contributed by atoms with Crippen molar-refractivity contribution >= 4 is 11.6 Å². The van der Waals surface area contributed by atoms with E-state index in [0.29, 0.717) is 13.1 Å². The van der Waals surface area contributed by atoms with Crippen LogP contribution in [0.5, 0.6) is 0 Å². The number of carbonyl (C=O) groups excluding carboxylic acids is 1. The minimum atomic E-state index is 0.0307. The van der Waals surface area contributed by atoms with Crippen LogP contribution < -0.4 is 11.1 Å². The fourth-order valence-corrected chi connectivity index (χ4v) is 1.77. The number of nitrogens with one attached hydrogen (secondary N) is 1. The molecule has 0 aliphatic heterocycles. The molecule has 3 N–H and O–H groups in total. The molecule has 0 unspecified atom stereocenters. The molecule has 0 atom stereocenters. The highest BCUT2D eigenvalue weighted by Gasteiger charge is 2.09. The molecule has 1 rings (SSSR count). The summed E-state index contributed by atoms with van der Waals surface area (Å²) in [7, 11) is 0. The van der Waals surface area contributed by atoms with Crippen molar-refractivity contribution in [1.82, 2.24) is 4.90 Å². The van der Waals surface area contributed by atoms with Crippen LogP contribution in [0.3, 0.4) is 0 Å². The normalized spacial score (nSPS) is 10.7. The highest BCUT2D eigenvalue weighted by molar-refractivity contribution is 5.92. The van der Waals surface area contributed by atoms with Gasteiger partial charge in [0.15, 0.2) is 0 Å². The molecule has 0 aromatic heterocycles. The zero-order valence-electron chi connectivity index (χ0n) is 11.3. The lowest BCUT2D eigenvalue weighted by molar-refractivity contribution is -0.117. The number of hydrogen-bond acceptors (Lipinski definition) is 3. The third-order valence-electron chi connectivity index (χ3n) is 2.91. The molecule has 4 nitrogen and oxygen atoms in total. The van der Waals surface area contributed by atoms with Gasteiger partial charge < -0.3 is 11.1 Å². The van der Waals surface area contributed by atoms with E-state index in [0.717, 1.165) is 30.8 Å². The Balaban J connectivity index is 2.48. The minimum absolute atomic E-state index is 0.0307. The van der Waals surface area contributed by atoms with Gasteiger partial charge in [-0.3, -0.25) is 9.69 Å². The molecular formula is C14H23N3O. The van der Waals surface area contributed by atoms with E-state index >= 15 is 0 Å². The SMILES string of the molecule is CCN(CCCN)CC(=O)Nc1ccccc1C. The van der Waals surface area contributed by atoms with Gasteiger partial charge in [-0.05, 0) is 44.6 Å². The third-order valence-corrected chi connectivity index (χ3v) is 2.91. The van der Waals surface area contributed by atoms with Crippen LogP contribution >= 0.6 is 0 Å². The molecule has 100 valence electrons. The van der Waals surface area contributed by atoms with Gasteiger partial charge in [-0.1, -0.05) is 25.1 Å². The number of benzene rings is 1. The summed E-state index contributed by atoms with van der Waals surface area (Å²) < 4.78 is 0. The maximum atomic E-state index is 11.9. The van der Waals surface area contributed by atoms with Crippen LogP contribution in [0.25, 0.3) is 0 Å². The van der Waals surface area contributed by atoms with Crippen LogP contribution in [0.1, 0.15) is 18.9 Å². The highest BCUT2D eigenvalue weighted by atomic mass is 16.2. The zero-order valence-corrected chi connectivity index (χ0v) is 11.3. The molecule has 0 radical (unpaired) electrons. The molecule has 0 aliphatic carbocycles. The largest absolute Gasteiger partial charge is 0.330 e. The van der Waals surface area contributed by atoms with E-state index in [2.05, 4.69) is 17.1 Å². The molecule has 1 amide bonds. The van der Waals surface area contributed by atoms with Crippen LogP contribution in [0.15, 0.2) is 24.3 Å². The minimum Gasteiger partial charge on any atom is -0.330 e. The van der Waals surface area contributed by atoms with Crippen molar-refractivity contribution in [2.75, 3.05) is 31.5 Å². The summed E-state index contributed by atoms with van der Waals surface area (Å²) in [5.74, 6) is 0.0307. The number of amides is 1. The number of rotatable bonds is 7. The maximum Gasteiger partial charge on any atom is 0.238 e. The Bertz CT molecular complexity index is 379. The number of likely N-dealkylation sites (N-methyl/N-ethyl adjacent to an activating group) is 1. The lowest BCUT2D eigenvalue weighted by atomic mass is 10.2. The fraction of sp³-hybridized carbons (Fsp3) is 0.500. The topological polar surface area (TPSA) is 58.4 Å². The summed E-state index contributed by atoms with van der Waals surface area (Å²) in [6.07, 6.45) is 0.922. The lowest BCUT2D eigenvalue weighted by Gasteiger charge is -2.19. The summed E-state index contributed by atoms with van der Waals surface area (Å²) >= 11 is 0. The van der Waals surface area contributed by atoms with Crippen LogP contribution in [-0.2, 0) is 4.79 Å². The quantitative estimate of drug-likeness (QED) is 0.771. The molecule has 18 heavy (non-hydrogen) atoms. The smallest absolute Gasteiger partial charge is 0.238 e. The summed E-state index contributed by atoms with van der Waals surface area (Å²) in [4.78, 5) is 14.0. The van der Waals surface area contributed by atoms with Gasteiger partial charge in [-0.2, -0.15) is 0 Å². The Hall–Kier alpha value is -1.39. The predicted molar refractivity (Wildman–Crippen MR) is 75.6 cm³/mol. The van der Waals surface area contributed by atoms with E-state index < -0.39 is 0 Å².